The Morgan fingerprint density at radius 3 is 2.78 bits per heavy atom. The molecule has 6 nitrogen and oxygen atoms in total. The van der Waals surface area contributed by atoms with E-state index in [4.69, 9.17) is 9.47 Å². The van der Waals surface area contributed by atoms with Crippen molar-refractivity contribution in [2.45, 2.75) is 45.8 Å². The van der Waals surface area contributed by atoms with Gasteiger partial charge in [-0.15, -0.1) is 0 Å². The SMILES string of the molecule is CC(C)(C)OC(=O)N1CCCC(COc2nc3ccccc3n2Cc2cccc(F)c2)C1. The van der Waals surface area contributed by atoms with E-state index in [-0.39, 0.29) is 17.8 Å². The molecule has 1 aliphatic heterocycles. The molecule has 1 unspecified atom stereocenters. The molecule has 7 heteroatoms. The first kappa shape index (κ1) is 22.1. The van der Waals surface area contributed by atoms with Gasteiger partial charge < -0.3 is 14.4 Å². The lowest BCUT2D eigenvalue weighted by Crippen LogP contribution is -2.44. The van der Waals surface area contributed by atoms with E-state index in [0.717, 1.165) is 29.4 Å². The molecule has 1 aromatic heterocycles. The molecule has 0 spiro atoms. The number of rotatable bonds is 5. The van der Waals surface area contributed by atoms with E-state index in [1.807, 2.05) is 55.7 Å². The highest BCUT2D eigenvalue weighted by Gasteiger charge is 2.28. The van der Waals surface area contributed by atoms with Gasteiger partial charge in [0.1, 0.15) is 11.4 Å². The topological polar surface area (TPSA) is 56.6 Å². The standard InChI is InChI=1S/C25H30FN3O3/c1-25(2,3)32-24(30)28-13-7-9-19(15-28)17-31-23-27-21-11-4-5-12-22(21)29(23)16-18-8-6-10-20(26)14-18/h4-6,8,10-12,14,19H,7,9,13,15-17H2,1-3H3. The van der Waals surface area contributed by atoms with Gasteiger partial charge in [-0.25, -0.2) is 9.18 Å². The third kappa shape index (κ3) is 5.39. The Labute approximate surface area is 187 Å². The van der Waals surface area contributed by atoms with Crippen LogP contribution in [0.2, 0.25) is 0 Å². The van der Waals surface area contributed by atoms with Crippen LogP contribution in [0.15, 0.2) is 48.5 Å². The average molecular weight is 440 g/mol. The van der Waals surface area contributed by atoms with E-state index in [2.05, 4.69) is 4.98 Å². The molecule has 0 N–H and O–H groups in total. The highest BCUT2D eigenvalue weighted by Crippen LogP contribution is 2.25. The van der Waals surface area contributed by atoms with Gasteiger partial charge in [0.2, 0.25) is 0 Å². The lowest BCUT2D eigenvalue weighted by Gasteiger charge is -2.33. The van der Waals surface area contributed by atoms with Crippen molar-refractivity contribution >= 4 is 17.1 Å². The number of ether oxygens (including phenoxy) is 2. The summed E-state index contributed by atoms with van der Waals surface area (Å²) < 4.78 is 27.4. The van der Waals surface area contributed by atoms with Crippen LogP contribution >= 0.6 is 0 Å². The zero-order valence-corrected chi connectivity index (χ0v) is 18.9. The number of likely N-dealkylation sites (tertiary alicyclic amines) is 1. The Hall–Kier alpha value is -3.09. The van der Waals surface area contributed by atoms with E-state index in [9.17, 15) is 9.18 Å². The molecule has 1 fully saturated rings. The molecule has 0 aliphatic carbocycles. The summed E-state index contributed by atoms with van der Waals surface area (Å²) in [6, 6.07) is 14.9. The van der Waals surface area contributed by atoms with Gasteiger partial charge in [-0.3, -0.25) is 4.57 Å². The second kappa shape index (κ2) is 9.18. The van der Waals surface area contributed by atoms with Crippen molar-refractivity contribution in [3.05, 3.63) is 59.9 Å². The summed E-state index contributed by atoms with van der Waals surface area (Å²) in [5.41, 5.74) is 2.10. The number of aromatic nitrogens is 2. The number of nitrogens with zero attached hydrogens (tertiary/aromatic N) is 3. The van der Waals surface area contributed by atoms with Crippen LogP contribution < -0.4 is 4.74 Å². The van der Waals surface area contributed by atoms with Gasteiger partial charge in [0.25, 0.3) is 6.01 Å². The number of hydrogen-bond donors (Lipinski definition) is 0. The van der Waals surface area contributed by atoms with Crippen LogP contribution in [0, 0.1) is 11.7 Å². The monoisotopic (exact) mass is 439 g/mol. The quantitative estimate of drug-likeness (QED) is 0.545. The van der Waals surface area contributed by atoms with E-state index < -0.39 is 5.60 Å². The van der Waals surface area contributed by atoms with Crippen LogP contribution in [0.1, 0.15) is 39.2 Å². The molecule has 1 atom stereocenters. The molecule has 2 heterocycles. The lowest BCUT2D eigenvalue weighted by molar-refractivity contribution is 0.0136. The highest BCUT2D eigenvalue weighted by atomic mass is 19.1. The van der Waals surface area contributed by atoms with Crippen molar-refractivity contribution in [3.63, 3.8) is 0 Å². The molecule has 3 aromatic rings. The van der Waals surface area contributed by atoms with Gasteiger partial charge in [-0.05, 0) is 63.4 Å². The molecule has 0 saturated carbocycles. The summed E-state index contributed by atoms with van der Waals surface area (Å²) >= 11 is 0. The fourth-order valence-electron chi connectivity index (χ4n) is 4.02. The van der Waals surface area contributed by atoms with Crippen molar-refractivity contribution < 1.29 is 18.7 Å². The number of piperidine rings is 1. The van der Waals surface area contributed by atoms with Gasteiger partial charge in [-0.2, -0.15) is 4.98 Å². The second-order valence-corrected chi connectivity index (χ2v) is 9.34. The maximum atomic E-state index is 13.7. The molecular formula is C25H30FN3O3. The predicted octanol–water partition coefficient (Wildman–Crippen LogP) is 5.25. The van der Waals surface area contributed by atoms with Crippen LogP contribution in [-0.4, -0.2) is 45.8 Å². The Kier molecular flexibility index (Phi) is 6.35. The third-order valence-corrected chi connectivity index (χ3v) is 5.47. The molecule has 170 valence electrons. The fraction of sp³-hybridized carbons (Fsp3) is 0.440. The van der Waals surface area contributed by atoms with Gasteiger partial charge in [0, 0.05) is 19.0 Å². The summed E-state index contributed by atoms with van der Waals surface area (Å²) in [5, 5.41) is 0. The van der Waals surface area contributed by atoms with Crippen molar-refractivity contribution in [2.24, 2.45) is 5.92 Å². The maximum Gasteiger partial charge on any atom is 0.410 e. The predicted molar refractivity (Wildman–Crippen MR) is 121 cm³/mol. The zero-order valence-electron chi connectivity index (χ0n) is 18.9. The number of benzene rings is 2. The average Bonchev–Trinajstić information content (AvgIpc) is 3.09. The van der Waals surface area contributed by atoms with Crippen molar-refractivity contribution in [3.8, 4) is 6.01 Å². The largest absolute Gasteiger partial charge is 0.464 e. The maximum absolute atomic E-state index is 13.7. The summed E-state index contributed by atoms with van der Waals surface area (Å²) in [6.45, 7) is 7.83. The minimum absolute atomic E-state index is 0.193. The molecular weight excluding hydrogens is 409 g/mol. The van der Waals surface area contributed by atoms with Gasteiger partial charge in [0.15, 0.2) is 0 Å². The highest BCUT2D eigenvalue weighted by molar-refractivity contribution is 5.76. The number of carbonyl (C=O) groups excluding carboxylic acids is 1. The number of carbonyl (C=O) groups is 1. The fourth-order valence-corrected chi connectivity index (χ4v) is 4.02. The minimum Gasteiger partial charge on any atom is -0.464 e. The molecule has 2 aromatic carbocycles. The van der Waals surface area contributed by atoms with Crippen molar-refractivity contribution in [1.82, 2.24) is 14.5 Å². The third-order valence-electron chi connectivity index (χ3n) is 5.47. The summed E-state index contributed by atoms with van der Waals surface area (Å²) in [6.07, 6.45) is 1.61. The van der Waals surface area contributed by atoms with Gasteiger partial charge in [-0.1, -0.05) is 24.3 Å². The number of imidazole rings is 1. The Balaban J connectivity index is 1.47. The van der Waals surface area contributed by atoms with Crippen LogP contribution in [0.4, 0.5) is 9.18 Å². The Bertz CT molecular complexity index is 1090. The molecule has 32 heavy (non-hydrogen) atoms. The second-order valence-electron chi connectivity index (χ2n) is 9.34. The lowest BCUT2D eigenvalue weighted by atomic mass is 9.99. The Morgan fingerprint density at radius 1 is 1.19 bits per heavy atom. The zero-order chi connectivity index (χ0) is 22.7. The smallest absolute Gasteiger partial charge is 0.410 e. The van der Waals surface area contributed by atoms with E-state index >= 15 is 0 Å². The van der Waals surface area contributed by atoms with Crippen LogP contribution in [0.3, 0.4) is 0 Å². The van der Waals surface area contributed by atoms with E-state index in [0.29, 0.717) is 32.3 Å². The van der Waals surface area contributed by atoms with Crippen molar-refractivity contribution in [1.29, 1.82) is 0 Å². The molecule has 1 aliphatic rings. The number of fused-ring (bicyclic) bond motifs is 1. The van der Waals surface area contributed by atoms with Crippen LogP contribution in [-0.2, 0) is 11.3 Å². The van der Waals surface area contributed by atoms with Crippen LogP contribution in [0.25, 0.3) is 11.0 Å². The van der Waals surface area contributed by atoms with Crippen LogP contribution in [0.5, 0.6) is 6.01 Å². The summed E-state index contributed by atoms with van der Waals surface area (Å²) in [7, 11) is 0. The molecule has 0 radical (unpaired) electrons. The number of para-hydroxylation sites is 2. The first-order valence-electron chi connectivity index (χ1n) is 11.1. The molecule has 0 bridgehead atoms. The first-order valence-corrected chi connectivity index (χ1v) is 11.1. The first-order chi connectivity index (χ1) is 15.3. The number of halogens is 1. The normalized spacial score (nSPS) is 16.9. The van der Waals surface area contributed by atoms with E-state index in [1.165, 1.54) is 12.1 Å². The molecule has 4 rings (SSSR count). The summed E-state index contributed by atoms with van der Waals surface area (Å²) in [5.74, 6) is -0.0717. The molecule has 1 saturated heterocycles. The van der Waals surface area contributed by atoms with E-state index in [1.54, 1.807) is 11.0 Å². The molecule has 1 amide bonds. The number of hydrogen-bond acceptors (Lipinski definition) is 4. The van der Waals surface area contributed by atoms with Crippen molar-refractivity contribution in [2.75, 3.05) is 19.7 Å². The van der Waals surface area contributed by atoms with Gasteiger partial charge >= 0.3 is 6.09 Å². The summed E-state index contributed by atoms with van der Waals surface area (Å²) in [4.78, 5) is 18.9. The minimum atomic E-state index is -0.512. The Morgan fingerprint density at radius 2 is 2.00 bits per heavy atom. The number of amides is 1. The van der Waals surface area contributed by atoms with Gasteiger partial charge in [0.05, 0.1) is 24.2 Å².